The van der Waals surface area contributed by atoms with Crippen molar-refractivity contribution in [2.75, 3.05) is 18.8 Å². The Morgan fingerprint density at radius 2 is 1.66 bits per heavy atom. The highest BCUT2D eigenvalue weighted by Crippen LogP contribution is 2.35. The first kappa shape index (κ1) is 40.3. The van der Waals surface area contributed by atoms with Crippen molar-refractivity contribution in [1.82, 2.24) is 10.2 Å². The van der Waals surface area contributed by atoms with Crippen LogP contribution in [0.1, 0.15) is 129 Å². The average Bonchev–Trinajstić information content (AvgIpc) is 3.37. The summed E-state index contributed by atoms with van der Waals surface area (Å²) in [4.78, 5) is 2.78. The smallest absolute Gasteiger partial charge is 0.0349 e. The van der Waals surface area contributed by atoms with Gasteiger partial charge in [0.25, 0.3) is 0 Å². The SMILES string of the molecule is C=C(NC(C)CCS)c1ccc(CN2CC(C)CC2CCC2CCCCC2)cc1-c1ccccc1C.CC.CCC.CCN. The molecule has 3 nitrogen and oxygen atoms in total. The van der Waals surface area contributed by atoms with Gasteiger partial charge in [0.2, 0.25) is 0 Å². The van der Waals surface area contributed by atoms with Crippen LogP contribution in [0.25, 0.3) is 16.8 Å². The largest absolute Gasteiger partial charge is 0.383 e. The van der Waals surface area contributed by atoms with Crippen molar-refractivity contribution in [2.24, 2.45) is 17.6 Å². The van der Waals surface area contributed by atoms with Crippen LogP contribution in [0.5, 0.6) is 0 Å². The zero-order valence-corrected chi connectivity index (χ0v) is 30.8. The molecule has 3 unspecified atom stereocenters. The Bertz CT molecular complexity index is 1030. The molecular weight excluding hydrogens is 555 g/mol. The van der Waals surface area contributed by atoms with Crippen molar-refractivity contribution in [3.8, 4) is 11.1 Å². The lowest BCUT2D eigenvalue weighted by Gasteiger charge is -2.28. The summed E-state index contributed by atoms with van der Waals surface area (Å²) >= 11 is 4.41. The first-order chi connectivity index (χ1) is 21.3. The van der Waals surface area contributed by atoms with Gasteiger partial charge in [-0.2, -0.15) is 12.6 Å². The molecule has 1 saturated carbocycles. The molecule has 2 fully saturated rings. The number of thiol groups is 1. The quantitative estimate of drug-likeness (QED) is 0.218. The molecule has 2 aliphatic rings. The Balaban J connectivity index is 0.00000110. The van der Waals surface area contributed by atoms with Gasteiger partial charge in [0.15, 0.2) is 0 Å². The molecule has 3 atom stereocenters. The van der Waals surface area contributed by atoms with Gasteiger partial charge >= 0.3 is 0 Å². The van der Waals surface area contributed by atoms with E-state index in [2.05, 4.69) is 107 Å². The first-order valence-electron chi connectivity index (χ1n) is 18.0. The van der Waals surface area contributed by atoms with E-state index in [1.807, 2.05) is 20.8 Å². The summed E-state index contributed by atoms with van der Waals surface area (Å²) in [7, 11) is 0. The molecular formula is C40H69N3S. The van der Waals surface area contributed by atoms with Gasteiger partial charge in [0.05, 0.1) is 0 Å². The highest BCUT2D eigenvalue weighted by atomic mass is 32.1. The molecule has 1 aliphatic carbocycles. The third kappa shape index (κ3) is 14.1. The number of aryl methyl sites for hydroxylation is 1. The molecule has 0 bridgehead atoms. The zero-order valence-electron chi connectivity index (χ0n) is 29.9. The molecule has 2 aromatic rings. The molecule has 0 aromatic heterocycles. The minimum atomic E-state index is 0.357. The van der Waals surface area contributed by atoms with E-state index in [0.717, 1.165) is 48.8 Å². The molecule has 3 N–H and O–H groups in total. The topological polar surface area (TPSA) is 41.3 Å². The summed E-state index contributed by atoms with van der Waals surface area (Å²) < 4.78 is 0. The van der Waals surface area contributed by atoms with Crippen LogP contribution < -0.4 is 11.1 Å². The number of benzene rings is 2. The minimum absolute atomic E-state index is 0.357. The van der Waals surface area contributed by atoms with Crippen LogP contribution in [0, 0.1) is 18.8 Å². The second-order valence-electron chi connectivity index (χ2n) is 12.9. The van der Waals surface area contributed by atoms with Crippen LogP contribution in [0.4, 0.5) is 0 Å². The van der Waals surface area contributed by atoms with Crippen molar-refractivity contribution in [1.29, 1.82) is 0 Å². The lowest BCUT2D eigenvalue weighted by Crippen LogP contribution is -2.29. The molecule has 4 rings (SSSR count). The van der Waals surface area contributed by atoms with Crippen LogP contribution >= 0.6 is 12.6 Å². The lowest BCUT2D eigenvalue weighted by molar-refractivity contribution is 0.212. The van der Waals surface area contributed by atoms with Crippen molar-refractivity contribution >= 4 is 18.3 Å². The maximum Gasteiger partial charge on any atom is 0.0349 e. The lowest BCUT2D eigenvalue weighted by atomic mass is 9.85. The van der Waals surface area contributed by atoms with Crippen molar-refractivity contribution in [3.63, 3.8) is 0 Å². The van der Waals surface area contributed by atoms with E-state index in [1.165, 1.54) is 92.1 Å². The van der Waals surface area contributed by atoms with Crippen LogP contribution in [0.2, 0.25) is 0 Å². The molecule has 4 heteroatoms. The van der Waals surface area contributed by atoms with Crippen molar-refractivity contribution < 1.29 is 0 Å². The Labute approximate surface area is 279 Å². The summed E-state index contributed by atoms with van der Waals surface area (Å²) in [5.74, 6) is 2.65. The van der Waals surface area contributed by atoms with Crippen LogP contribution in [0.15, 0.2) is 49.0 Å². The van der Waals surface area contributed by atoms with E-state index in [1.54, 1.807) is 0 Å². The number of rotatable bonds is 11. The number of nitrogens with one attached hydrogen (secondary N) is 1. The Morgan fingerprint density at radius 3 is 2.27 bits per heavy atom. The summed E-state index contributed by atoms with van der Waals surface area (Å²) in [6, 6.07) is 16.9. The van der Waals surface area contributed by atoms with E-state index in [0.29, 0.717) is 6.04 Å². The summed E-state index contributed by atoms with van der Waals surface area (Å²) in [6.45, 7) is 24.5. The number of hydrogen-bond acceptors (Lipinski definition) is 4. The number of likely N-dealkylation sites (tertiary alicyclic amines) is 1. The Kier molecular flexibility index (Phi) is 21.6. The van der Waals surface area contributed by atoms with Crippen molar-refractivity contribution in [3.05, 3.63) is 65.7 Å². The number of nitrogens with zero attached hydrogens (tertiary/aromatic N) is 1. The van der Waals surface area contributed by atoms with E-state index in [9.17, 15) is 0 Å². The predicted molar refractivity (Wildman–Crippen MR) is 203 cm³/mol. The Morgan fingerprint density at radius 1 is 1.02 bits per heavy atom. The molecule has 0 radical (unpaired) electrons. The van der Waals surface area contributed by atoms with Crippen LogP contribution in [-0.2, 0) is 6.54 Å². The highest BCUT2D eigenvalue weighted by molar-refractivity contribution is 7.80. The molecule has 1 aliphatic heterocycles. The summed E-state index contributed by atoms with van der Waals surface area (Å²) in [6.07, 6.45) is 13.7. The fourth-order valence-corrected chi connectivity index (χ4v) is 6.95. The third-order valence-corrected chi connectivity index (χ3v) is 8.84. The van der Waals surface area contributed by atoms with E-state index in [-0.39, 0.29) is 0 Å². The molecule has 0 amide bonds. The molecule has 250 valence electrons. The van der Waals surface area contributed by atoms with Gasteiger partial charge in [-0.15, -0.1) is 0 Å². The summed E-state index contributed by atoms with van der Waals surface area (Å²) in [5, 5.41) is 3.63. The molecule has 44 heavy (non-hydrogen) atoms. The molecule has 0 spiro atoms. The normalized spacial score (nSPS) is 19.0. The van der Waals surface area contributed by atoms with E-state index in [4.69, 9.17) is 5.73 Å². The van der Waals surface area contributed by atoms with E-state index < -0.39 is 0 Å². The van der Waals surface area contributed by atoms with Gasteiger partial charge in [-0.1, -0.05) is 123 Å². The number of hydrogen-bond donors (Lipinski definition) is 3. The minimum Gasteiger partial charge on any atom is -0.383 e. The van der Waals surface area contributed by atoms with E-state index >= 15 is 0 Å². The maximum atomic E-state index is 4.85. The third-order valence-electron chi connectivity index (χ3n) is 8.58. The second-order valence-corrected chi connectivity index (χ2v) is 13.3. The maximum absolute atomic E-state index is 4.85. The average molecular weight is 624 g/mol. The van der Waals surface area contributed by atoms with Gasteiger partial charge in [-0.05, 0) is 92.0 Å². The van der Waals surface area contributed by atoms with Crippen LogP contribution in [-0.4, -0.2) is 35.8 Å². The van der Waals surface area contributed by atoms with Gasteiger partial charge in [0, 0.05) is 36.4 Å². The number of nitrogens with two attached hydrogens (primary N) is 1. The Hall–Kier alpha value is -1.75. The predicted octanol–water partition coefficient (Wildman–Crippen LogP) is 10.9. The first-order valence-corrected chi connectivity index (χ1v) is 18.6. The van der Waals surface area contributed by atoms with Gasteiger partial charge in [-0.25, -0.2) is 0 Å². The fraction of sp³-hybridized carbons (Fsp3) is 0.650. The molecule has 1 saturated heterocycles. The summed E-state index contributed by atoms with van der Waals surface area (Å²) in [5.41, 5.74) is 12.4. The molecule has 2 aromatic carbocycles. The van der Waals surface area contributed by atoms with Crippen molar-refractivity contribution in [2.45, 2.75) is 138 Å². The van der Waals surface area contributed by atoms with Gasteiger partial charge in [0.1, 0.15) is 0 Å². The van der Waals surface area contributed by atoms with Gasteiger partial charge < -0.3 is 11.1 Å². The highest BCUT2D eigenvalue weighted by Gasteiger charge is 2.30. The standard InChI is InChI=1S/C33H48N2S.C3H8.C2H7N.C2H6/c1-24-20-30(16-14-28-11-6-5-7-12-28)35(22-24)23-29-15-17-32(27(4)34-26(3)18-19-36)33(21-29)31-13-9-8-10-25(31)2;1-3-2;1-2-3;1-2/h8-10,13,15,17,21,24,26,28,30,34,36H,4-7,11-12,14,16,18-20,22-23H2,1-3H3;3H2,1-2H3;2-3H2,1H3;1-2H3. The molecule has 1 heterocycles. The zero-order chi connectivity index (χ0) is 32.9. The second kappa shape index (κ2) is 23.6. The van der Waals surface area contributed by atoms with Crippen LogP contribution in [0.3, 0.4) is 0 Å². The monoisotopic (exact) mass is 624 g/mol. The fourth-order valence-electron chi connectivity index (χ4n) is 6.56. The van der Waals surface area contributed by atoms with Gasteiger partial charge in [-0.3, -0.25) is 4.90 Å².